The van der Waals surface area contributed by atoms with Gasteiger partial charge in [0.1, 0.15) is 17.7 Å². The molecule has 0 bridgehead atoms. The second kappa shape index (κ2) is 6.02. The van der Waals surface area contributed by atoms with E-state index < -0.39 is 10.8 Å². The van der Waals surface area contributed by atoms with E-state index in [1.165, 1.54) is 35.3 Å². The first-order chi connectivity index (χ1) is 11.1. The van der Waals surface area contributed by atoms with Crippen molar-refractivity contribution in [1.29, 1.82) is 0 Å². The number of nitrogens with zero attached hydrogens (tertiary/aromatic N) is 5. The van der Waals surface area contributed by atoms with Gasteiger partial charge in [-0.15, -0.1) is 0 Å². The molecule has 9 nitrogen and oxygen atoms in total. The van der Waals surface area contributed by atoms with Gasteiger partial charge in [0, 0.05) is 24.5 Å². The Morgan fingerprint density at radius 2 is 2.04 bits per heavy atom. The van der Waals surface area contributed by atoms with E-state index in [2.05, 4.69) is 20.4 Å². The molecule has 0 aliphatic carbocycles. The second-order valence-corrected chi connectivity index (χ2v) is 4.44. The molecule has 1 amide bonds. The molecule has 2 aromatic heterocycles. The van der Waals surface area contributed by atoms with Crippen LogP contribution < -0.4 is 5.32 Å². The number of para-hydroxylation sites is 1. The average Bonchev–Trinajstić information content (AvgIpc) is 3.09. The molecule has 114 valence electrons. The molecule has 0 fully saturated rings. The Morgan fingerprint density at radius 3 is 2.78 bits per heavy atom. The number of hydrogen-bond acceptors (Lipinski definition) is 6. The normalized spacial score (nSPS) is 10.3. The molecular formula is C14H10N6O3. The summed E-state index contributed by atoms with van der Waals surface area (Å²) in [6.07, 6.45) is 4.55. The van der Waals surface area contributed by atoms with Crippen molar-refractivity contribution in [3.8, 4) is 5.82 Å². The Balaban J connectivity index is 1.87. The number of benzene rings is 1. The van der Waals surface area contributed by atoms with Crippen LogP contribution in [0.25, 0.3) is 5.82 Å². The summed E-state index contributed by atoms with van der Waals surface area (Å²) < 4.78 is 1.50. The Labute approximate surface area is 129 Å². The first kappa shape index (κ1) is 14.3. The van der Waals surface area contributed by atoms with Crippen LogP contribution in [0.1, 0.15) is 10.4 Å². The standard InChI is InChI=1S/C14H10N6O3/c21-14(10-4-1-2-5-11(10)20(22)23)18-12-8-13(16-9-15-12)19-7-3-6-17-19/h1-9H,(H,15,16,18,21). The Bertz CT molecular complexity index is 862. The van der Waals surface area contributed by atoms with E-state index in [9.17, 15) is 14.9 Å². The molecule has 0 saturated carbocycles. The number of nitro benzene ring substituents is 1. The van der Waals surface area contributed by atoms with Gasteiger partial charge >= 0.3 is 0 Å². The lowest BCUT2D eigenvalue weighted by molar-refractivity contribution is -0.385. The highest BCUT2D eigenvalue weighted by Gasteiger charge is 2.19. The summed E-state index contributed by atoms with van der Waals surface area (Å²) in [6, 6.07) is 8.94. The summed E-state index contributed by atoms with van der Waals surface area (Å²) in [5.41, 5.74) is -0.317. The first-order valence-corrected chi connectivity index (χ1v) is 6.52. The zero-order chi connectivity index (χ0) is 16.2. The Hall–Kier alpha value is -3.62. The summed E-state index contributed by atoms with van der Waals surface area (Å²) in [6.45, 7) is 0. The largest absolute Gasteiger partial charge is 0.306 e. The maximum atomic E-state index is 12.2. The van der Waals surface area contributed by atoms with Crippen molar-refractivity contribution in [2.45, 2.75) is 0 Å². The van der Waals surface area contributed by atoms with E-state index in [0.29, 0.717) is 5.82 Å². The number of hydrogen-bond donors (Lipinski definition) is 1. The van der Waals surface area contributed by atoms with Gasteiger partial charge in [-0.3, -0.25) is 14.9 Å². The van der Waals surface area contributed by atoms with Crippen LogP contribution in [-0.4, -0.2) is 30.6 Å². The molecule has 1 N–H and O–H groups in total. The van der Waals surface area contributed by atoms with E-state index in [-0.39, 0.29) is 17.1 Å². The van der Waals surface area contributed by atoms with E-state index in [1.54, 1.807) is 24.5 Å². The number of nitro groups is 1. The molecule has 0 spiro atoms. The highest BCUT2D eigenvalue weighted by molar-refractivity contribution is 6.06. The van der Waals surface area contributed by atoms with Crippen LogP contribution >= 0.6 is 0 Å². The van der Waals surface area contributed by atoms with E-state index >= 15 is 0 Å². The number of nitrogens with one attached hydrogen (secondary N) is 1. The number of carbonyl (C=O) groups excluding carboxylic acids is 1. The fraction of sp³-hybridized carbons (Fsp3) is 0. The Kier molecular flexibility index (Phi) is 3.75. The monoisotopic (exact) mass is 310 g/mol. The van der Waals surface area contributed by atoms with E-state index in [1.807, 2.05) is 0 Å². The molecule has 3 aromatic rings. The minimum Gasteiger partial charge on any atom is -0.306 e. The first-order valence-electron chi connectivity index (χ1n) is 6.52. The van der Waals surface area contributed by atoms with Gasteiger partial charge in [0.25, 0.3) is 11.6 Å². The molecule has 0 saturated heterocycles. The molecule has 0 unspecified atom stereocenters. The number of rotatable bonds is 4. The third-order valence-electron chi connectivity index (χ3n) is 2.98. The van der Waals surface area contributed by atoms with Gasteiger partial charge in [-0.05, 0) is 12.1 Å². The van der Waals surface area contributed by atoms with Gasteiger partial charge < -0.3 is 5.32 Å². The zero-order valence-electron chi connectivity index (χ0n) is 11.7. The molecule has 3 rings (SSSR count). The van der Waals surface area contributed by atoms with E-state index in [4.69, 9.17) is 0 Å². The van der Waals surface area contributed by atoms with Gasteiger partial charge in [0.15, 0.2) is 5.82 Å². The zero-order valence-corrected chi connectivity index (χ0v) is 11.7. The van der Waals surface area contributed by atoms with Crippen LogP contribution in [0.5, 0.6) is 0 Å². The van der Waals surface area contributed by atoms with Crippen LogP contribution in [0.2, 0.25) is 0 Å². The lowest BCUT2D eigenvalue weighted by Gasteiger charge is -2.06. The highest BCUT2D eigenvalue weighted by Crippen LogP contribution is 2.19. The number of anilines is 1. The number of amides is 1. The van der Waals surface area contributed by atoms with Crippen LogP contribution in [0.4, 0.5) is 11.5 Å². The minimum absolute atomic E-state index is 0.0447. The lowest BCUT2D eigenvalue weighted by atomic mass is 10.1. The fourth-order valence-corrected chi connectivity index (χ4v) is 1.95. The van der Waals surface area contributed by atoms with Crippen molar-refractivity contribution in [2.75, 3.05) is 5.32 Å². The third-order valence-corrected chi connectivity index (χ3v) is 2.98. The molecule has 0 aliphatic heterocycles. The van der Waals surface area contributed by atoms with Crippen molar-refractivity contribution in [2.24, 2.45) is 0 Å². The molecule has 9 heteroatoms. The second-order valence-electron chi connectivity index (χ2n) is 4.44. The van der Waals surface area contributed by atoms with Crippen LogP contribution in [0, 0.1) is 10.1 Å². The summed E-state index contributed by atoms with van der Waals surface area (Å²) in [7, 11) is 0. The van der Waals surface area contributed by atoms with Gasteiger partial charge in [0.2, 0.25) is 0 Å². The highest BCUT2D eigenvalue weighted by atomic mass is 16.6. The molecule has 0 atom stereocenters. The Morgan fingerprint density at radius 1 is 1.22 bits per heavy atom. The summed E-state index contributed by atoms with van der Waals surface area (Å²) >= 11 is 0. The van der Waals surface area contributed by atoms with Crippen molar-refractivity contribution >= 4 is 17.4 Å². The molecule has 0 radical (unpaired) electrons. The predicted octanol–water partition coefficient (Wildman–Crippen LogP) is 1.82. The smallest absolute Gasteiger partial charge is 0.282 e. The van der Waals surface area contributed by atoms with Gasteiger partial charge in [-0.25, -0.2) is 14.6 Å². The van der Waals surface area contributed by atoms with Crippen molar-refractivity contribution in [1.82, 2.24) is 19.7 Å². The average molecular weight is 310 g/mol. The predicted molar refractivity (Wildman–Crippen MR) is 80.2 cm³/mol. The minimum atomic E-state index is -0.623. The molecule has 0 aliphatic rings. The van der Waals surface area contributed by atoms with Crippen LogP contribution in [0.15, 0.2) is 55.1 Å². The van der Waals surface area contributed by atoms with Crippen LogP contribution in [0.3, 0.4) is 0 Å². The summed E-state index contributed by atoms with van der Waals surface area (Å²) in [5.74, 6) is 0.0546. The van der Waals surface area contributed by atoms with E-state index in [0.717, 1.165) is 0 Å². The van der Waals surface area contributed by atoms with Gasteiger partial charge in [-0.1, -0.05) is 12.1 Å². The van der Waals surface area contributed by atoms with Crippen molar-refractivity contribution < 1.29 is 9.72 Å². The van der Waals surface area contributed by atoms with Crippen LogP contribution in [-0.2, 0) is 0 Å². The molecule has 23 heavy (non-hydrogen) atoms. The SMILES string of the molecule is O=C(Nc1cc(-n2cccn2)ncn1)c1ccccc1[N+](=O)[O-]. The summed E-state index contributed by atoms with van der Waals surface area (Å²) in [4.78, 5) is 30.6. The van der Waals surface area contributed by atoms with Crippen molar-refractivity contribution in [3.63, 3.8) is 0 Å². The van der Waals surface area contributed by atoms with Gasteiger partial charge in [-0.2, -0.15) is 5.10 Å². The lowest BCUT2D eigenvalue weighted by Crippen LogP contribution is -2.15. The maximum absolute atomic E-state index is 12.2. The molecule has 1 aromatic carbocycles. The quantitative estimate of drug-likeness (QED) is 0.580. The number of aromatic nitrogens is 4. The van der Waals surface area contributed by atoms with Gasteiger partial charge in [0.05, 0.1) is 4.92 Å². The summed E-state index contributed by atoms with van der Waals surface area (Å²) in [5, 5.41) is 17.5. The number of carbonyl (C=O) groups is 1. The van der Waals surface area contributed by atoms with Crippen molar-refractivity contribution in [3.05, 3.63) is 70.8 Å². The molecule has 2 heterocycles. The topological polar surface area (TPSA) is 116 Å². The third kappa shape index (κ3) is 3.02. The maximum Gasteiger partial charge on any atom is 0.282 e. The fourth-order valence-electron chi connectivity index (χ4n) is 1.95. The molecular weight excluding hydrogens is 300 g/mol.